The van der Waals surface area contributed by atoms with Crippen molar-refractivity contribution in [3.8, 4) is 11.4 Å². The fourth-order valence-electron chi connectivity index (χ4n) is 3.82. The van der Waals surface area contributed by atoms with Crippen molar-refractivity contribution in [2.24, 2.45) is 0 Å². The zero-order valence-electron chi connectivity index (χ0n) is 15.1. The molecule has 2 aromatic rings. The summed E-state index contributed by atoms with van der Waals surface area (Å²) in [6.07, 6.45) is 1.65. The van der Waals surface area contributed by atoms with Crippen LogP contribution in [0.5, 0.6) is 0 Å². The average Bonchev–Trinajstić information content (AvgIpc) is 2.96. The molecule has 1 aromatic heterocycles. The van der Waals surface area contributed by atoms with Gasteiger partial charge in [-0.05, 0) is 19.9 Å². The molecule has 1 saturated heterocycles. The van der Waals surface area contributed by atoms with Crippen LogP contribution in [0.4, 0.5) is 0 Å². The van der Waals surface area contributed by atoms with Crippen LogP contribution in [0, 0.1) is 0 Å². The van der Waals surface area contributed by atoms with Crippen molar-refractivity contribution in [1.82, 2.24) is 24.6 Å². The molecule has 2 aliphatic rings. The van der Waals surface area contributed by atoms with Crippen molar-refractivity contribution in [2.75, 3.05) is 33.2 Å². The van der Waals surface area contributed by atoms with Crippen LogP contribution >= 0.6 is 0 Å². The van der Waals surface area contributed by atoms with Gasteiger partial charge < -0.3 is 19.5 Å². The lowest BCUT2D eigenvalue weighted by Crippen LogP contribution is -2.55. The first-order valence-electron chi connectivity index (χ1n) is 9.25. The number of benzene rings is 1. The van der Waals surface area contributed by atoms with Crippen LogP contribution in [0.25, 0.3) is 11.4 Å². The highest BCUT2D eigenvalue weighted by atomic mass is 16.3. The highest BCUT2D eigenvalue weighted by Crippen LogP contribution is 2.26. The second kappa shape index (κ2) is 6.81. The number of likely N-dealkylation sites (tertiary alicyclic amines) is 1. The monoisotopic (exact) mass is 355 g/mol. The number of nitrogens with zero attached hydrogens (tertiary/aromatic N) is 5. The third kappa shape index (κ3) is 3.12. The van der Waals surface area contributed by atoms with Gasteiger partial charge in [0.25, 0.3) is 5.91 Å². The highest BCUT2D eigenvalue weighted by molar-refractivity contribution is 5.85. The molecule has 1 amide bonds. The molecule has 138 valence electrons. The van der Waals surface area contributed by atoms with E-state index in [9.17, 15) is 9.90 Å². The van der Waals surface area contributed by atoms with E-state index in [0.29, 0.717) is 38.9 Å². The van der Waals surface area contributed by atoms with Gasteiger partial charge in [-0.25, -0.2) is 0 Å². The normalized spacial score (nSPS) is 20.5. The van der Waals surface area contributed by atoms with Crippen molar-refractivity contribution < 1.29 is 9.90 Å². The van der Waals surface area contributed by atoms with E-state index >= 15 is 0 Å². The molecule has 0 saturated carbocycles. The largest absolute Gasteiger partial charge is 0.380 e. The number of fused-ring (bicyclic) bond motifs is 1. The van der Waals surface area contributed by atoms with Crippen molar-refractivity contribution in [2.45, 2.75) is 31.4 Å². The number of hydrogen-bond donors (Lipinski definition) is 1. The minimum absolute atomic E-state index is 0.134. The number of aliphatic hydroxyl groups is 1. The summed E-state index contributed by atoms with van der Waals surface area (Å²) < 4.78 is 2.10. The number of piperidine rings is 1. The van der Waals surface area contributed by atoms with Crippen LogP contribution < -0.4 is 0 Å². The molecule has 7 nitrogen and oxygen atoms in total. The molecule has 0 bridgehead atoms. The summed E-state index contributed by atoms with van der Waals surface area (Å²) in [6.45, 7) is 3.29. The lowest BCUT2D eigenvalue weighted by molar-refractivity contribution is -0.156. The summed E-state index contributed by atoms with van der Waals surface area (Å²) in [4.78, 5) is 16.9. The standard InChI is InChI=1S/C19H25N5O2/c1-22-11-8-19(26,9-12-22)18(25)23-10-7-16-20-21-17(24(16)14-13-23)15-5-3-2-4-6-15/h2-6,26H,7-14H2,1H3. The third-order valence-corrected chi connectivity index (χ3v) is 5.56. The van der Waals surface area contributed by atoms with Gasteiger partial charge >= 0.3 is 0 Å². The third-order valence-electron chi connectivity index (χ3n) is 5.56. The zero-order valence-corrected chi connectivity index (χ0v) is 15.1. The molecule has 1 aromatic carbocycles. The lowest BCUT2D eigenvalue weighted by Gasteiger charge is -2.38. The van der Waals surface area contributed by atoms with Gasteiger partial charge in [-0.3, -0.25) is 4.79 Å². The quantitative estimate of drug-likeness (QED) is 0.862. The maximum atomic E-state index is 13.0. The van der Waals surface area contributed by atoms with Crippen molar-refractivity contribution in [3.05, 3.63) is 36.2 Å². The van der Waals surface area contributed by atoms with Gasteiger partial charge in [-0.15, -0.1) is 10.2 Å². The number of carbonyl (C=O) groups is 1. The Kier molecular flexibility index (Phi) is 4.50. The Morgan fingerprint density at radius 3 is 2.50 bits per heavy atom. The van der Waals surface area contributed by atoms with Crippen molar-refractivity contribution in [1.29, 1.82) is 0 Å². The summed E-state index contributed by atoms with van der Waals surface area (Å²) in [7, 11) is 2.02. The van der Waals surface area contributed by atoms with E-state index in [4.69, 9.17) is 0 Å². The molecule has 0 atom stereocenters. The number of rotatable bonds is 2. The second-order valence-corrected chi connectivity index (χ2v) is 7.33. The number of hydrogen-bond acceptors (Lipinski definition) is 5. The molecule has 0 unspecified atom stereocenters. The maximum Gasteiger partial charge on any atom is 0.254 e. The minimum atomic E-state index is -1.22. The fraction of sp³-hybridized carbons (Fsp3) is 0.526. The molecule has 2 aliphatic heterocycles. The molecule has 0 spiro atoms. The summed E-state index contributed by atoms with van der Waals surface area (Å²) in [5.74, 6) is 1.60. The lowest BCUT2D eigenvalue weighted by atomic mass is 9.90. The summed E-state index contributed by atoms with van der Waals surface area (Å²) in [5.41, 5.74) is -0.195. The van der Waals surface area contributed by atoms with Crippen LogP contribution in [0.1, 0.15) is 18.7 Å². The Balaban J connectivity index is 1.50. The first-order valence-corrected chi connectivity index (χ1v) is 9.25. The Bertz CT molecular complexity index is 780. The molecule has 7 heteroatoms. The van der Waals surface area contributed by atoms with E-state index in [-0.39, 0.29) is 5.91 Å². The molecule has 26 heavy (non-hydrogen) atoms. The smallest absolute Gasteiger partial charge is 0.254 e. The van der Waals surface area contributed by atoms with Gasteiger partial charge in [0.15, 0.2) is 5.82 Å². The molecule has 1 fully saturated rings. The highest BCUT2D eigenvalue weighted by Gasteiger charge is 2.41. The molecule has 0 aliphatic carbocycles. The maximum absolute atomic E-state index is 13.0. The van der Waals surface area contributed by atoms with Crippen LogP contribution in [0.2, 0.25) is 0 Å². The summed E-state index contributed by atoms with van der Waals surface area (Å²) >= 11 is 0. The zero-order chi connectivity index (χ0) is 18.1. The number of carbonyl (C=O) groups excluding carboxylic acids is 1. The minimum Gasteiger partial charge on any atom is -0.380 e. The van der Waals surface area contributed by atoms with Crippen LogP contribution in [-0.4, -0.2) is 74.4 Å². The summed E-state index contributed by atoms with van der Waals surface area (Å²) in [6, 6.07) is 9.99. The van der Waals surface area contributed by atoms with Gasteiger partial charge in [-0.1, -0.05) is 30.3 Å². The topological polar surface area (TPSA) is 74.5 Å². The Hall–Kier alpha value is -2.25. The summed E-state index contributed by atoms with van der Waals surface area (Å²) in [5, 5.41) is 19.5. The molecule has 3 heterocycles. The Morgan fingerprint density at radius 1 is 1.04 bits per heavy atom. The van der Waals surface area contributed by atoms with Gasteiger partial charge in [-0.2, -0.15) is 0 Å². The second-order valence-electron chi connectivity index (χ2n) is 7.33. The van der Waals surface area contributed by atoms with Crippen LogP contribution in [-0.2, 0) is 17.8 Å². The van der Waals surface area contributed by atoms with Crippen molar-refractivity contribution in [3.63, 3.8) is 0 Å². The van der Waals surface area contributed by atoms with E-state index in [0.717, 1.165) is 30.3 Å². The predicted molar refractivity (Wildman–Crippen MR) is 97.4 cm³/mol. The number of amides is 1. The average molecular weight is 355 g/mol. The molecule has 0 radical (unpaired) electrons. The predicted octanol–water partition coefficient (Wildman–Crippen LogP) is 0.786. The van der Waals surface area contributed by atoms with E-state index < -0.39 is 5.60 Å². The number of aromatic nitrogens is 3. The van der Waals surface area contributed by atoms with Crippen LogP contribution in [0.3, 0.4) is 0 Å². The van der Waals surface area contributed by atoms with E-state index in [2.05, 4.69) is 19.7 Å². The molecular formula is C19H25N5O2. The molecule has 1 N–H and O–H groups in total. The Labute approximate surface area is 153 Å². The first-order chi connectivity index (χ1) is 12.6. The van der Waals surface area contributed by atoms with Gasteiger partial charge in [0.1, 0.15) is 11.4 Å². The van der Waals surface area contributed by atoms with Gasteiger partial charge in [0, 0.05) is 44.7 Å². The van der Waals surface area contributed by atoms with E-state index in [1.807, 2.05) is 37.4 Å². The van der Waals surface area contributed by atoms with E-state index in [1.165, 1.54) is 0 Å². The van der Waals surface area contributed by atoms with Gasteiger partial charge in [0.2, 0.25) is 0 Å². The first kappa shape index (κ1) is 17.2. The van der Waals surface area contributed by atoms with Gasteiger partial charge in [0.05, 0.1) is 0 Å². The van der Waals surface area contributed by atoms with Crippen LogP contribution in [0.15, 0.2) is 30.3 Å². The SMILES string of the molecule is CN1CCC(O)(C(=O)N2CCc3nnc(-c4ccccc4)n3CC2)CC1. The fourth-order valence-corrected chi connectivity index (χ4v) is 3.82. The van der Waals surface area contributed by atoms with Crippen molar-refractivity contribution >= 4 is 5.91 Å². The molecule has 4 rings (SSSR count). The molecular weight excluding hydrogens is 330 g/mol. The van der Waals surface area contributed by atoms with E-state index in [1.54, 1.807) is 4.90 Å². The Morgan fingerprint density at radius 2 is 1.77 bits per heavy atom.